The normalized spacial score (nSPS) is 28.9. The maximum absolute atomic E-state index is 12.4. The first kappa shape index (κ1) is 13.8. The van der Waals surface area contributed by atoms with Gasteiger partial charge in [0, 0.05) is 25.7 Å². The average Bonchev–Trinajstić information content (AvgIpc) is 2.95. The minimum absolute atomic E-state index is 0.109. The molecular weight excluding hydrogens is 228 g/mol. The van der Waals surface area contributed by atoms with Gasteiger partial charge in [-0.2, -0.15) is 0 Å². The average molecular weight is 254 g/mol. The molecule has 4 heteroatoms. The highest BCUT2D eigenvalue weighted by molar-refractivity contribution is 5.84. The summed E-state index contributed by atoms with van der Waals surface area (Å²) in [5, 5.41) is 0. The molecule has 0 aromatic carbocycles. The van der Waals surface area contributed by atoms with Crippen molar-refractivity contribution in [3.63, 3.8) is 0 Å². The molecule has 2 aliphatic heterocycles. The van der Waals surface area contributed by atoms with Gasteiger partial charge in [0.05, 0.1) is 12.6 Å². The van der Waals surface area contributed by atoms with Gasteiger partial charge in [0.25, 0.3) is 0 Å². The summed E-state index contributed by atoms with van der Waals surface area (Å²) in [6.07, 6.45) is 2.13. The highest BCUT2D eigenvalue weighted by atomic mass is 16.5. The Morgan fingerprint density at radius 3 is 2.72 bits per heavy atom. The van der Waals surface area contributed by atoms with Gasteiger partial charge < -0.3 is 9.64 Å². The van der Waals surface area contributed by atoms with E-state index in [1.54, 1.807) is 0 Å². The number of likely N-dealkylation sites (N-methyl/N-ethyl adjacent to an activating group) is 1. The zero-order valence-electron chi connectivity index (χ0n) is 11.9. The molecule has 2 atom stereocenters. The Kier molecular flexibility index (Phi) is 4.62. The summed E-state index contributed by atoms with van der Waals surface area (Å²) in [6.45, 7) is 11.0. The lowest BCUT2D eigenvalue weighted by molar-refractivity contribution is -0.133. The zero-order chi connectivity index (χ0) is 13.1. The monoisotopic (exact) mass is 254 g/mol. The zero-order valence-corrected chi connectivity index (χ0v) is 11.9. The number of rotatable bonds is 5. The van der Waals surface area contributed by atoms with E-state index in [4.69, 9.17) is 4.74 Å². The molecule has 4 nitrogen and oxygen atoms in total. The van der Waals surface area contributed by atoms with Crippen LogP contribution in [0.5, 0.6) is 0 Å². The van der Waals surface area contributed by atoms with Crippen LogP contribution in [0.2, 0.25) is 0 Å². The van der Waals surface area contributed by atoms with Gasteiger partial charge in [-0.05, 0) is 39.2 Å². The highest BCUT2D eigenvalue weighted by Gasteiger charge is 2.37. The van der Waals surface area contributed by atoms with Crippen LogP contribution < -0.4 is 0 Å². The third-order valence-electron chi connectivity index (χ3n) is 4.20. The van der Waals surface area contributed by atoms with Crippen molar-refractivity contribution in [2.24, 2.45) is 5.92 Å². The van der Waals surface area contributed by atoms with Crippen LogP contribution in [0.3, 0.4) is 0 Å². The topological polar surface area (TPSA) is 32.8 Å². The van der Waals surface area contributed by atoms with Crippen molar-refractivity contribution in [2.75, 3.05) is 32.8 Å². The molecule has 1 amide bonds. The van der Waals surface area contributed by atoms with E-state index in [-0.39, 0.29) is 6.04 Å². The molecule has 0 N–H and O–H groups in total. The maximum atomic E-state index is 12.4. The van der Waals surface area contributed by atoms with Gasteiger partial charge in [-0.25, -0.2) is 0 Å². The van der Waals surface area contributed by atoms with Crippen LogP contribution in [0.15, 0.2) is 0 Å². The summed E-state index contributed by atoms with van der Waals surface area (Å²) in [5.41, 5.74) is 0. The Labute approximate surface area is 110 Å². The Hall–Kier alpha value is -0.610. The highest BCUT2D eigenvalue weighted by Crippen LogP contribution is 2.22. The van der Waals surface area contributed by atoms with E-state index in [2.05, 4.69) is 25.7 Å². The molecule has 0 aromatic heterocycles. The number of hydrogen-bond donors (Lipinski definition) is 0. The molecule has 0 saturated carbocycles. The molecule has 0 radical (unpaired) electrons. The van der Waals surface area contributed by atoms with Crippen LogP contribution in [0, 0.1) is 5.92 Å². The van der Waals surface area contributed by atoms with Crippen LogP contribution in [-0.4, -0.2) is 60.6 Å². The summed E-state index contributed by atoms with van der Waals surface area (Å²) in [6, 6.07) is 0.439. The summed E-state index contributed by atoms with van der Waals surface area (Å²) < 4.78 is 5.43. The number of nitrogens with zero attached hydrogens (tertiary/aromatic N) is 2. The molecule has 18 heavy (non-hydrogen) atoms. The first-order valence-corrected chi connectivity index (χ1v) is 7.25. The number of carbonyl (C=O) groups is 1. The van der Waals surface area contributed by atoms with Gasteiger partial charge >= 0.3 is 0 Å². The molecule has 2 rings (SSSR count). The van der Waals surface area contributed by atoms with Gasteiger partial charge in [0.2, 0.25) is 5.91 Å². The van der Waals surface area contributed by atoms with E-state index >= 15 is 0 Å². The van der Waals surface area contributed by atoms with Crippen molar-refractivity contribution in [3.05, 3.63) is 0 Å². The Morgan fingerprint density at radius 2 is 2.22 bits per heavy atom. The molecule has 104 valence electrons. The second-order valence-corrected chi connectivity index (χ2v) is 5.75. The lowest BCUT2D eigenvalue weighted by Crippen LogP contribution is -2.45. The smallest absolute Gasteiger partial charge is 0.240 e. The molecule has 2 aliphatic rings. The molecule has 0 aromatic rings. The van der Waals surface area contributed by atoms with Gasteiger partial charge in [-0.3, -0.25) is 9.69 Å². The third-order valence-corrected chi connectivity index (χ3v) is 4.20. The number of likely N-dealkylation sites (tertiary alicyclic amines) is 1. The van der Waals surface area contributed by atoms with Crippen LogP contribution in [-0.2, 0) is 9.53 Å². The second kappa shape index (κ2) is 6.02. The fourth-order valence-corrected chi connectivity index (χ4v) is 3.07. The first-order chi connectivity index (χ1) is 8.63. The summed E-state index contributed by atoms with van der Waals surface area (Å²) >= 11 is 0. The number of hydrogen-bond acceptors (Lipinski definition) is 3. The third kappa shape index (κ3) is 2.86. The minimum Gasteiger partial charge on any atom is -0.381 e. The number of carbonyl (C=O) groups excluding carboxylic acids is 1. The molecular formula is C14H26N2O2. The van der Waals surface area contributed by atoms with Crippen molar-refractivity contribution in [2.45, 2.75) is 45.7 Å². The maximum Gasteiger partial charge on any atom is 0.240 e. The summed E-state index contributed by atoms with van der Waals surface area (Å²) in [5.74, 6) is 0.941. The fraction of sp³-hybridized carbons (Fsp3) is 0.929. The molecule has 0 aliphatic carbocycles. The van der Waals surface area contributed by atoms with E-state index in [1.165, 1.54) is 0 Å². The molecule has 2 heterocycles. The van der Waals surface area contributed by atoms with Crippen molar-refractivity contribution in [1.29, 1.82) is 0 Å². The predicted molar refractivity (Wildman–Crippen MR) is 71.4 cm³/mol. The van der Waals surface area contributed by atoms with E-state index in [0.29, 0.717) is 17.9 Å². The molecule has 0 unspecified atom stereocenters. The fourth-order valence-electron chi connectivity index (χ4n) is 3.07. The predicted octanol–water partition coefficient (Wildman–Crippen LogP) is 1.35. The van der Waals surface area contributed by atoms with Crippen molar-refractivity contribution >= 4 is 5.91 Å². The van der Waals surface area contributed by atoms with E-state index in [9.17, 15) is 4.79 Å². The van der Waals surface area contributed by atoms with Crippen LogP contribution >= 0.6 is 0 Å². The number of amides is 1. The van der Waals surface area contributed by atoms with Crippen LogP contribution in [0.1, 0.15) is 33.6 Å². The largest absolute Gasteiger partial charge is 0.381 e. The Bertz CT molecular complexity index is 288. The lowest BCUT2D eigenvalue weighted by atomic mass is 10.1. The molecule has 2 saturated heterocycles. The molecule has 2 fully saturated rings. The Morgan fingerprint density at radius 1 is 1.44 bits per heavy atom. The van der Waals surface area contributed by atoms with E-state index in [1.807, 2.05) is 4.90 Å². The van der Waals surface area contributed by atoms with E-state index < -0.39 is 0 Å². The van der Waals surface area contributed by atoms with Gasteiger partial charge in [-0.15, -0.1) is 0 Å². The van der Waals surface area contributed by atoms with Crippen LogP contribution in [0.25, 0.3) is 0 Å². The van der Waals surface area contributed by atoms with Crippen molar-refractivity contribution in [1.82, 2.24) is 9.80 Å². The minimum atomic E-state index is 0.109. The molecule has 0 spiro atoms. The van der Waals surface area contributed by atoms with Gasteiger partial charge in [-0.1, -0.05) is 6.92 Å². The SMILES string of the molecule is CCN(C[C@@H]1CCOC1)[C@H]1CCN(C(C)C)C1=O. The standard InChI is InChI=1S/C14H26N2O2/c1-4-15(9-12-6-8-18-10-12)13-5-7-16(11(2)3)14(13)17/h11-13H,4-10H2,1-3H3/t12-,13-/m0/s1. The second-order valence-electron chi connectivity index (χ2n) is 5.75. The van der Waals surface area contributed by atoms with Crippen molar-refractivity contribution in [3.8, 4) is 0 Å². The quantitative estimate of drug-likeness (QED) is 0.742. The first-order valence-electron chi connectivity index (χ1n) is 7.25. The van der Waals surface area contributed by atoms with Crippen molar-refractivity contribution < 1.29 is 9.53 Å². The van der Waals surface area contributed by atoms with Gasteiger partial charge in [0.15, 0.2) is 0 Å². The van der Waals surface area contributed by atoms with E-state index in [0.717, 1.165) is 45.7 Å². The summed E-state index contributed by atoms with van der Waals surface area (Å²) in [4.78, 5) is 16.7. The summed E-state index contributed by atoms with van der Waals surface area (Å²) in [7, 11) is 0. The van der Waals surface area contributed by atoms with Gasteiger partial charge in [0.1, 0.15) is 0 Å². The number of ether oxygens (including phenoxy) is 1. The lowest BCUT2D eigenvalue weighted by Gasteiger charge is -2.29. The Balaban J connectivity index is 1.93. The molecule has 0 bridgehead atoms. The van der Waals surface area contributed by atoms with Crippen LogP contribution in [0.4, 0.5) is 0 Å².